The van der Waals surface area contributed by atoms with Crippen LogP contribution in [0.2, 0.25) is 0 Å². The Kier molecular flexibility index (Phi) is 9.24. The number of ether oxygens (including phenoxy) is 2. The van der Waals surface area contributed by atoms with Gasteiger partial charge in [-0.05, 0) is 40.2 Å². The van der Waals surface area contributed by atoms with Crippen LogP contribution in [0.15, 0.2) is 0 Å². The predicted molar refractivity (Wildman–Crippen MR) is 64.4 cm³/mol. The Balaban J connectivity index is 3.27. The van der Waals surface area contributed by atoms with Gasteiger partial charge in [-0.1, -0.05) is 0 Å². The molecule has 1 N–H and O–H groups in total. The molecule has 0 fully saturated rings. The van der Waals surface area contributed by atoms with Gasteiger partial charge in [0.25, 0.3) is 0 Å². The summed E-state index contributed by atoms with van der Waals surface area (Å²) >= 11 is 0. The van der Waals surface area contributed by atoms with Crippen molar-refractivity contribution in [2.45, 2.75) is 52.2 Å². The maximum absolute atomic E-state index is 11.0. The molecule has 0 aromatic rings. The van der Waals surface area contributed by atoms with Gasteiger partial charge in [0.15, 0.2) is 0 Å². The van der Waals surface area contributed by atoms with Crippen LogP contribution in [0.1, 0.15) is 40.0 Å². The van der Waals surface area contributed by atoms with E-state index in [0.717, 1.165) is 26.0 Å². The van der Waals surface area contributed by atoms with Crippen LogP contribution in [0.3, 0.4) is 0 Å². The smallest absolute Gasteiger partial charge is 0.307 e. The second-order valence-corrected chi connectivity index (χ2v) is 4.26. The number of rotatable bonds is 9. The first kappa shape index (κ1) is 15.4. The summed E-state index contributed by atoms with van der Waals surface area (Å²) in [4.78, 5) is 11.0. The molecule has 0 saturated heterocycles. The van der Waals surface area contributed by atoms with E-state index < -0.39 is 0 Å². The molecule has 1 atom stereocenters. The molecule has 96 valence electrons. The number of unbranched alkanes of at least 4 members (excludes halogenated alkanes) is 1. The highest BCUT2D eigenvalue weighted by atomic mass is 16.5. The van der Waals surface area contributed by atoms with Gasteiger partial charge >= 0.3 is 5.97 Å². The lowest BCUT2D eigenvalue weighted by Crippen LogP contribution is -2.29. The van der Waals surface area contributed by atoms with Crippen molar-refractivity contribution >= 4 is 5.97 Å². The maximum Gasteiger partial charge on any atom is 0.307 e. The monoisotopic (exact) mass is 231 g/mol. The topological polar surface area (TPSA) is 47.6 Å². The Bertz CT molecular complexity index is 183. The second-order valence-electron chi connectivity index (χ2n) is 4.26. The van der Waals surface area contributed by atoms with Crippen LogP contribution < -0.4 is 5.32 Å². The Morgan fingerprint density at radius 1 is 1.25 bits per heavy atom. The van der Waals surface area contributed by atoms with Crippen LogP contribution in [-0.4, -0.2) is 38.4 Å². The molecule has 0 aliphatic rings. The number of esters is 1. The fraction of sp³-hybridized carbons (Fsp3) is 0.917. The van der Waals surface area contributed by atoms with E-state index in [1.165, 1.54) is 7.11 Å². The summed E-state index contributed by atoms with van der Waals surface area (Å²) in [7, 11) is 1.41. The SMILES string of the molecule is COC(=O)CC(C)NCCCCOC(C)C. The van der Waals surface area contributed by atoms with Crippen molar-refractivity contribution in [1.82, 2.24) is 5.32 Å². The van der Waals surface area contributed by atoms with E-state index in [0.29, 0.717) is 12.5 Å². The van der Waals surface area contributed by atoms with E-state index in [1.54, 1.807) is 0 Å². The van der Waals surface area contributed by atoms with Crippen molar-refractivity contribution in [3.05, 3.63) is 0 Å². The molecule has 0 bridgehead atoms. The molecule has 4 nitrogen and oxygen atoms in total. The van der Waals surface area contributed by atoms with Crippen LogP contribution in [0.25, 0.3) is 0 Å². The van der Waals surface area contributed by atoms with Crippen LogP contribution >= 0.6 is 0 Å². The Morgan fingerprint density at radius 2 is 1.94 bits per heavy atom. The molecule has 0 aliphatic heterocycles. The van der Waals surface area contributed by atoms with Gasteiger partial charge in [-0.25, -0.2) is 0 Å². The van der Waals surface area contributed by atoms with Crippen molar-refractivity contribution in [1.29, 1.82) is 0 Å². The van der Waals surface area contributed by atoms with Crippen LogP contribution in [0.5, 0.6) is 0 Å². The van der Waals surface area contributed by atoms with Gasteiger partial charge in [0.1, 0.15) is 0 Å². The number of carbonyl (C=O) groups is 1. The zero-order valence-corrected chi connectivity index (χ0v) is 10.9. The molecule has 16 heavy (non-hydrogen) atoms. The maximum atomic E-state index is 11.0. The summed E-state index contributed by atoms with van der Waals surface area (Å²) in [6.45, 7) is 7.79. The molecule has 0 rings (SSSR count). The van der Waals surface area contributed by atoms with Gasteiger partial charge in [0.05, 0.1) is 19.6 Å². The minimum atomic E-state index is -0.164. The van der Waals surface area contributed by atoms with E-state index in [2.05, 4.69) is 10.1 Å². The summed E-state index contributed by atoms with van der Waals surface area (Å²) in [5, 5.41) is 3.28. The molecule has 0 aromatic heterocycles. The third kappa shape index (κ3) is 9.93. The lowest BCUT2D eigenvalue weighted by atomic mass is 10.2. The second kappa shape index (κ2) is 9.60. The molecule has 0 saturated carbocycles. The first-order valence-corrected chi connectivity index (χ1v) is 5.98. The van der Waals surface area contributed by atoms with Crippen LogP contribution in [0, 0.1) is 0 Å². The molecule has 0 radical (unpaired) electrons. The lowest BCUT2D eigenvalue weighted by molar-refractivity contribution is -0.141. The van der Waals surface area contributed by atoms with Crippen molar-refractivity contribution < 1.29 is 14.3 Å². The summed E-state index contributed by atoms with van der Waals surface area (Å²) in [6, 6.07) is 0.179. The van der Waals surface area contributed by atoms with E-state index in [1.807, 2.05) is 20.8 Å². The lowest BCUT2D eigenvalue weighted by Gasteiger charge is -2.12. The molecular weight excluding hydrogens is 206 g/mol. The molecule has 4 heteroatoms. The first-order chi connectivity index (χ1) is 7.56. The van der Waals surface area contributed by atoms with Gasteiger partial charge < -0.3 is 14.8 Å². The van der Waals surface area contributed by atoms with E-state index in [-0.39, 0.29) is 12.0 Å². The fourth-order valence-corrected chi connectivity index (χ4v) is 1.30. The van der Waals surface area contributed by atoms with Gasteiger partial charge in [-0.15, -0.1) is 0 Å². The average molecular weight is 231 g/mol. The van der Waals surface area contributed by atoms with Gasteiger partial charge in [0, 0.05) is 12.6 Å². The third-order valence-electron chi connectivity index (χ3n) is 2.22. The third-order valence-corrected chi connectivity index (χ3v) is 2.22. The van der Waals surface area contributed by atoms with Crippen LogP contribution in [0.4, 0.5) is 0 Å². The zero-order chi connectivity index (χ0) is 12.4. The molecule has 0 amide bonds. The van der Waals surface area contributed by atoms with E-state index in [4.69, 9.17) is 4.74 Å². The van der Waals surface area contributed by atoms with E-state index in [9.17, 15) is 4.79 Å². The van der Waals surface area contributed by atoms with Gasteiger partial charge in [0.2, 0.25) is 0 Å². The Morgan fingerprint density at radius 3 is 2.50 bits per heavy atom. The normalized spacial score (nSPS) is 12.8. The fourth-order valence-electron chi connectivity index (χ4n) is 1.30. The Hall–Kier alpha value is -0.610. The number of methoxy groups -OCH3 is 1. The minimum Gasteiger partial charge on any atom is -0.469 e. The first-order valence-electron chi connectivity index (χ1n) is 5.98. The average Bonchev–Trinajstić information content (AvgIpc) is 2.22. The molecule has 0 spiro atoms. The van der Waals surface area contributed by atoms with Gasteiger partial charge in [-0.2, -0.15) is 0 Å². The summed E-state index contributed by atoms with van der Waals surface area (Å²) in [6.07, 6.45) is 2.86. The van der Waals surface area contributed by atoms with Crippen molar-refractivity contribution in [3.8, 4) is 0 Å². The largest absolute Gasteiger partial charge is 0.469 e. The highest BCUT2D eigenvalue weighted by Gasteiger charge is 2.07. The van der Waals surface area contributed by atoms with Crippen molar-refractivity contribution in [3.63, 3.8) is 0 Å². The van der Waals surface area contributed by atoms with Crippen LogP contribution in [-0.2, 0) is 14.3 Å². The van der Waals surface area contributed by atoms with E-state index >= 15 is 0 Å². The van der Waals surface area contributed by atoms with Crippen molar-refractivity contribution in [2.75, 3.05) is 20.3 Å². The van der Waals surface area contributed by atoms with Crippen molar-refractivity contribution in [2.24, 2.45) is 0 Å². The Labute approximate surface area is 98.7 Å². The minimum absolute atomic E-state index is 0.164. The quantitative estimate of drug-likeness (QED) is 0.485. The zero-order valence-electron chi connectivity index (χ0n) is 10.9. The summed E-state index contributed by atoms with van der Waals surface area (Å²) < 4.78 is 10.0. The standard InChI is InChI=1S/C12H25NO3/c1-10(2)16-8-6-5-7-13-11(3)9-12(14)15-4/h10-11,13H,5-9H2,1-4H3. The molecule has 0 aliphatic carbocycles. The highest BCUT2D eigenvalue weighted by molar-refractivity contribution is 5.69. The highest BCUT2D eigenvalue weighted by Crippen LogP contribution is 1.96. The number of hydrogen-bond donors (Lipinski definition) is 1. The van der Waals surface area contributed by atoms with Gasteiger partial charge in [-0.3, -0.25) is 4.79 Å². The molecule has 1 unspecified atom stereocenters. The molecular formula is C12H25NO3. The summed E-state index contributed by atoms with van der Waals surface area (Å²) in [5.41, 5.74) is 0. The summed E-state index contributed by atoms with van der Waals surface area (Å²) in [5.74, 6) is -0.164. The predicted octanol–water partition coefficient (Wildman–Crippen LogP) is 1.73. The number of carbonyl (C=O) groups excluding carboxylic acids is 1. The molecule has 0 aromatic carbocycles. The molecule has 0 heterocycles. The number of nitrogens with one attached hydrogen (secondary N) is 1. The number of hydrogen-bond acceptors (Lipinski definition) is 4.